The molecular weight excluding hydrogens is 362 g/mol. The average molecular weight is 387 g/mol. The third-order valence-electron chi connectivity index (χ3n) is 5.79. The zero-order valence-electron chi connectivity index (χ0n) is 16.6. The van der Waals surface area contributed by atoms with Crippen molar-refractivity contribution >= 4 is 22.6 Å². The molecular formula is C25H25NO3. The van der Waals surface area contributed by atoms with Crippen molar-refractivity contribution in [3.63, 3.8) is 0 Å². The molecule has 0 radical (unpaired) electrons. The van der Waals surface area contributed by atoms with Crippen molar-refractivity contribution in [2.75, 3.05) is 7.11 Å². The van der Waals surface area contributed by atoms with Crippen LogP contribution in [0.5, 0.6) is 0 Å². The number of amides is 1. The van der Waals surface area contributed by atoms with Crippen LogP contribution in [0.4, 0.5) is 0 Å². The SMILES string of the molecule is COC(=O)[C@H](Cc1cccc2ccccc12)NC(=O)[C@H]1CCCc2ccccc21. The first-order valence-corrected chi connectivity index (χ1v) is 10.1. The topological polar surface area (TPSA) is 55.4 Å². The molecule has 1 aliphatic carbocycles. The van der Waals surface area contributed by atoms with Gasteiger partial charge < -0.3 is 10.1 Å². The van der Waals surface area contributed by atoms with Crippen LogP contribution in [0.1, 0.15) is 35.4 Å². The van der Waals surface area contributed by atoms with Gasteiger partial charge in [0.25, 0.3) is 0 Å². The minimum Gasteiger partial charge on any atom is -0.467 e. The van der Waals surface area contributed by atoms with Gasteiger partial charge >= 0.3 is 5.97 Å². The normalized spacial score (nSPS) is 16.7. The van der Waals surface area contributed by atoms with E-state index in [4.69, 9.17) is 4.74 Å². The average Bonchev–Trinajstić information content (AvgIpc) is 2.77. The number of benzene rings is 3. The minimum absolute atomic E-state index is 0.104. The molecule has 3 aromatic rings. The molecule has 0 fully saturated rings. The lowest BCUT2D eigenvalue weighted by Crippen LogP contribution is -2.45. The second-order valence-corrected chi connectivity index (χ2v) is 7.57. The molecule has 4 heteroatoms. The predicted molar refractivity (Wildman–Crippen MR) is 114 cm³/mol. The van der Waals surface area contributed by atoms with Crippen LogP contribution in [0.2, 0.25) is 0 Å². The summed E-state index contributed by atoms with van der Waals surface area (Å²) >= 11 is 0. The Balaban J connectivity index is 1.58. The highest BCUT2D eigenvalue weighted by Gasteiger charge is 2.30. The molecule has 0 aromatic heterocycles. The number of nitrogens with one attached hydrogen (secondary N) is 1. The van der Waals surface area contributed by atoms with E-state index in [0.29, 0.717) is 6.42 Å². The third-order valence-corrected chi connectivity index (χ3v) is 5.79. The number of hydrogen-bond acceptors (Lipinski definition) is 3. The summed E-state index contributed by atoms with van der Waals surface area (Å²) in [6, 6.07) is 21.5. The van der Waals surface area contributed by atoms with E-state index in [1.165, 1.54) is 12.7 Å². The number of hydrogen-bond donors (Lipinski definition) is 1. The number of aryl methyl sites for hydroxylation is 1. The van der Waals surface area contributed by atoms with E-state index in [-0.39, 0.29) is 11.8 Å². The summed E-state index contributed by atoms with van der Waals surface area (Å²) < 4.78 is 5.00. The van der Waals surface area contributed by atoms with Gasteiger partial charge in [0.1, 0.15) is 6.04 Å². The van der Waals surface area contributed by atoms with E-state index >= 15 is 0 Å². The Morgan fingerprint density at radius 1 is 1.03 bits per heavy atom. The van der Waals surface area contributed by atoms with E-state index in [1.807, 2.05) is 60.7 Å². The minimum atomic E-state index is -0.715. The molecule has 4 nitrogen and oxygen atoms in total. The first-order valence-electron chi connectivity index (χ1n) is 10.1. The quantitative estimate of drug-likeness (QED) is 0.669. The first-order chi connectivity index (χ1) is 14.2. The zero-order chi connectivity index (χ0) is 20.2. The third kappa shape index (κ3) is 4.02. The fraction of sp³-hybridized carbons (Fsp3) is 0.280. The fourth-order valence-corrected chi connectivity index (χ4v) is 4.32. The summed E-state index contributed by atoms with van der Waals surface area (Å²) in [5, 5.41) is 5.17. The maximum absolute atomic E-state index is 13.1. The Hall–Kier alpha value is -3.14. The Kier molecular flexibility index (Phi) is 5.61. The lowest BCUT2D eigenvalue weighted by atomic mass is 9.82. The highest BCUT2D eigenvalue weighted by atomic mass is 16.5. The predicted octanol–water partition coefficient (Wildman–Crippen LogP) is 4.16. The second kappa shape index (κ2) is 8.48. The summed E-state index contributed by atoms with van der Waals surface area (Å²) in [6.45, 7) is 0. The Morgan fingerprint density at radius 3 is 2.66 bits per heavy atom. The molecule has 0 heterocycles. The number of carbonyl (C=O) groups excluding carboxylic acids is 2. The fourth-order valence-electron chi connectivity index (χ4n) is 4.32. The van der Waals surface area contributed by atoms with Crippen LogP contribution in [-0.4, -0.2) is 25.0 Å². The van der Waals surface area contributed by atoms with Crippen molar-refractivity contribution in [3.8, 4) is 0 Å². The molecule has 1 aliphatic rings. The highest BCUT2D eigenvalue weighted by molar-refractivity contribution is 5.90. The molecule has 2 atom stereocenters. The van der Waals surface area contributed by atoms with Crippen molar-refractivity contribution in [3.05, 3.63) is 83.4 Å². The summed E-state index contributed by atoms with van der Waals surface area (Å²) in [7, 11) is 1.36. The van der Waals surface area contributed by atoms with Gasteiger partial charge in [-0.25, -0.2) is 4.79 Å². The number of esters is 1. The number of methoxy groups -OCH3 is 1. The van der Waals surface area contributed by atoms with Gasteiger partial charge in [0, 0.05) is 6.42 Å². The van der Waals surface area contributed by atoms with Gasteiger partial charge in [-0.05, 0) is 46.7 Å². The smallest absolute Gasteiger partial charge is 0.328 e. The molecule has 148 valence electrons. The van der Waals surface area contributed by atoms with Gasteiger partial charge in [-0.1, -0.05) is 66.7 Å². The largest absolute Gasteiger partial charge is 0.467 e. The van der Waals surface area contributed by atoms with Crippen LogP contribution >= 0.6 is 0 Å². The van der Waals surface area contributed by atoms with Gasteiger partial charge in [-0.3, -0.25) is 4.79 Å². The van der Waals surface area contributed by atoms with E-state index in [2.05, 4.69) is 11.4 Å². The Morgan fingerprint density at radius 2 is 1.79 bits per heavy atom. The molecule has 0 unspecified atom stereocenters. The summed E-state index contributed by atoms with van der Waals surface area (Å²) in [5.74, 6) is -0.747. The lowest BCUT2D eigenvalue weighted by molar-refractivity contribution is -0.145. The molecule has 0 saturated carbocycles. The highest BCUT2D eigenvalue weighted by Crippen LogP contribution is 2.31. The standard InChI is InChI=1S/C25H25NO3/c1-29-25(28)23(16-19-12-6-10-17-8-2-4-13-20(17)19)26-24(27)22-15-7-11-18-9-3-5-14-21(18)22/h2-6,8-10,12-14,22-23H,7,11,15-16H2,1H3,(H,26,27)/t22-,23-/m0/s1. The van der Waals surface area contributed by atoms with Crippen LogP contribution in [-0.2, 0) is 27.2 Å². The Labute approximate surface area is 170 Å². The van der Waals surface area contributed by atoms with Crippen molar-refractivity contribution in [2.45, 2.75) is 37.6 Å². The van der Waals surface area contributed by atoms with Gasteiger partial charge in [-0.15, -0.1) is 0 Å². The summed E-state index contributed by atoms with van der Waals surface area (Å²) in [6.07, 6.45) is 3.16. The van der Waals surface area contributed by atoms with Crippen molar-refractivity contribution < 1.29 is 14.3 Å². The van der Waals surface area contributed by atoms with E-state index in [0.717, 1.165) is 41.2 Å². The molecule has 4 rings (SSSR count). The second-order valence-electron chi connectivity index (χ2n) is 7.57. The van der Waals surface area contributed by atoms with Crippen LogP contribution < -0.4 is 5.32 Å². The number of ether oxygens (including phenoxy) is 1. The van der Waals surface area contributed by atoms with Crippen molar-refractivity contribution in [1.29, 1.82) is 0 Å². The molecule has 0 spiro atoms. The molecule has 1 N–H and O–H groups in total. The molecule has 29 heavy (non-hydrogen) atoms. The van der Waals surface area contributed by atoms with Crippen molar-refractivity contribution in [1.82, 2.24) is 5.32 Å². The number of rotatable bonds is 5. The maximum Gasteiger partial charge on any atom is 0.328 e. The molecule has 3 aromatic carbocycles. The van der Waals surface area contributed by atoms with Crippen LogP contribution in [0.15, 0.2) is 66.7 Å². The van der Waals surface area contributed by atoms with Crippen LogP contribution in [0.25, 0.3) is 10.8 Å². The van der Waals surface area contributed by atoms with E-state index < -0.39 is 12.0 Å². The number of carbonyl (C=O) groups is 2. The maximum atomic E-state index is 13.1. The van der Waals surface area contributed by atoms with Gasteiger partial charge in [0.05, 0.1) is 13.0 Å². The Bertz CT molecular complexity index is 1040. The van der Waals surface area contributed by atoms with Gasteiger partial charge in [0.2, 0.25) is 5.91 Å². The van der Waals surface area contributed by atoms with Gasteiger partial charge in [0.15, 0.2) is 0 Å². The van der Waals surface area contributed by atoms with E-state index in [9.17, 15) is 9.59 Å². The zero-order valence-corrected chi connectivity index (χ0v) is 16.6. The lowest BCUT2D eigenvalue weighted by Gasteiger charge is -2.26. The summed E-state index contributed by atoms with van der Waals surface area (Å²) in [4.78, 5) is 25.6. The first kappa shape index (κ1) is 19.2. The van der Waals surface area contributed by atoms with Crippen molar-refractivity contribution in [2.24, 2.45) is 0 Å². The molecule has 0 bridgehead atoms. The van der Waals surface area contributed by atoms with Crippen LogP contribution in [0, 0.1) is 0 Å². The molecule has 0 aliphatic heterocycles. The number of fused-ring (bicyclic) bond motifs is 2. The van der Waals surface area contributed by atoms with Crippen LogP contribution in [0.3, 0.4) is 0 Å². The monoisotopic (exact) mass is 387 g/mol. The van der Waals surface area contributed by atoms with E-state index in [1.54, 1.807) is 0 Å². The van der Waals surface area contributed by atoms with Gasteiger partial charge in [-0.2, -0.15) is 0 Å². The molecule has 1 amide bonds. The summed E-state index contributed by atoms with van der Waals surface area (Å²) in [5.41, 5.74) is 3.32. The molecule has 0 saturated heterocycles.